The zero-order valence-electron chi connectivity index (χ0n) is 20.6. The Kier molecular flexibility index (Phi) is 5.57. The van der Waals surface area contributed by atoms with E-state index in [2.05, 4.69) is 28.6 Å². The largest absolute Gasteiger partial charge is 0.370 e. The second-order valence-corrected chi connectivity index (χ2v) is 11.7. The molecule has 1 aromatic heterocycles. The van der Waals surface area contributed by atoms with Crippen molar-refractivity contribution < 1.29 is 4.79 Å². The number of amides is 1. The van der Waals surface area contributed by atoms with Gasteiger partial charge in [-0.25, -0.2) is 9.98 Å². The number of hydrogen-bond donors (Lipinski definition) is 4. The molecule has 0 spiro atoms. The first-order chi connectivity index (χ1) is 16.9. The maximum absolute atomic E-state index is 13.7. The number of nitrogens with zero attached hydrogens (tertiary/aromatic N) is 3. The zero-order valence-corrected chi connectivity index (χ0v) is 20.6. The number of aromatic nitrogens is 2. The van der Waals surface area contributed by atoms with Crippen LogP contribution in [0.1, 0.15) is 69.8 Å². The molecule has 0 saturated heterocycles. The van der Waals surface area contributed by atoms with Crippen LogP contribution >= 0.6 is 0 Å². The third kappa shape index (κ3) is 4.32. The molecule has 7 rings (SSSR count). The summed E-state index contributed by atoms with van der Waals surface area (Å²) in [5, 5.41) is 7.74. The topological polar surface area (TPSA) is 131 Å². The number of anilines is 2. The molecule has 2 aromatic rings. The molecule has 5 saturated carbocycles. The summed E-state index contributed by atoms with van der Waals surface area (Å²) >= 11 is 0. The van der Waals surface area contributed by atoms with Crippen LogP contribution in [-0.2, 0) is 4.79 Å². The molecule has 5 aliphatic carbocycles. The molecule has 1 heterocycles. The predicted octanol–water partition coefficient (Wildman–Crippen LogP) is 4.09. The van der Waals surface area contributed by atoms with Gasteiger partial charge in [0.25, 0.3) is 0 Å². The molecule has 8 nitrogen and oxygen atoms in total. The van der Waals surface area contributed by atoms with E-state index in [0.29, 0.717) is 23.7 Å². The Morgan fingerprint density at radius 2 is 1.71 bits per heavy atom. The number of nitrogens with one attached hydrogen (secondary N) is 2. The summed E-state index contributed by atoms with van der Waals surface area (Å²) in [4.78, 5) is 27.8. The highest BCUT2D eigenvalue weighted by molar-refractivity contribution is 5.97. The molecule has 2 atom stereocenters. The highest BCUT2D eigenvalue weighted by atomic mass is 16.2. The molecule has 5 aliphatic rings. The van der Waals surface area contributed by atoms with Crippen molar-refractivity contribution in [2.45, 2.75) is 83.2 Å². The van der Waals surface area contributed by atoms with Gasteiger partial charge in [0.05, 0.1) is 23.0 Å². The van der Waals surface area contributed by atoms with Crippen molar-refractivity contribution >= 4 is 34.5 Å². The fourth-order valence-corrected chi connectivity index (χ4v) is 7.83. The van der Waals surface area contributed by atoms with Gasteiger partial charge in [0.15, 0.2) is 5.96 Å². The van der Waals surface area contributed by atoms with E-state index < -0.39 is 0 Å². The molecule has 6 N–H and O–H groups in total. The molecule has 1 aromatic carbocycles. The van der Waals surface area contributed by atoms with Gasteiger partial charge >= 0.3 is 0 Å². The van der Waals surface area contributed by atoms with Crippen LogP contribution in [0.3, 0.4) is 0 Å². The van der Waals surface area contributed by atoms with Crippen LogP contribution in [-0.4, -0.2) is 33.9 Å². The minimum atomic E-state index is -0.240. The van der Waals surface area contributed by atoms with E-state index in [-0.39, 0.29) is 29.4 Å². The Labute approximate surface area is 206 Å². The van der Waals surface area contributed by atoms with Gasteiger partial charge in [0, 0.05) is 5.39 Å². The minimum Gasteiger partial charge on any atom is -0.370 e. The molecular formula is C27H37N7O. The van der Waals surface area contributed by atoms with Gasteiger partial charge in [-0.1, -0.05) is 24.5 Å². The van der Waals surface area contributed by atoms with Crippen molar-refractivity contribution in [2.75, 3.05) is 10.6 Å². The number of hydrogen-bond acceptors (Lipinski definition) is 5. The third-order valence-corrected chi connectivity index (χ3v) is 8.96. The molecule has 2 unspecified atom stereocenters. The van der Waals surface area contributed by atoms with Crippen molar-refractivity contribution in [2.24, 2.45) is 39.6 Å². The lowest BCUT2D eigenvalue weighted by Gasteiger charge is -2.55. The second-order valence-electron chi connectivity index (χ2n) is 11.7. The van der Waals surface area contributed by atoms with Crippen LogP contribution < -0.4 is 22.1 Å². The maximum atomic E-state index is 13.7. The highest BCUT2D eigenvalue weighted by Gasteiger charge is 2.54. The molecule has 186 valence electrons. The highest BCUT2D eigenvalue weighted by Crippen LogP contribution is 2.60. The average Bonchev–Trinajstić information content (AvgIpc) is 2.79. The first-order valence-electron chi connectivity index (χ1n) is 13.3. The van der Waals surface area contributed by atoms with Gasteiger partial charge in [-0.2, -0.15) is 4.98 Å². The first-order valence-corrected chi connectivity index (χ1v) is 13.3. The SMILES string of the molecule is Cc1ccc2nc(NC(=O)C34CC5CC(CC(C5)C3)C4)nc(NC3CCCCC3N=C(N)N)c2c1. The summed E-state index contributed by atoms with van der Waals surface area (Å²) in [7, 11) is 0. The Balaban J connectivity index is 1.30. The Bertz CT molecular complexity index is 1140. The quantitative estimate of drug-likeness (QED) is 0.380. The lowest BCUT2D eigenvalue weighted by molar-refractivity contribution is -0.140. The Morgan fingerprint density at radius 3 is 2.40 bits per heavy atom. The summed E-state index contributed by atoms with van der Waals surface area (Å²) in [6, 6.07) is 6.24. The number of nitrogens with two attached hydrogens (primary N) is 2. The molecule has 5 fully saturated rings. The molecular weight excluding hydrogens is 438 g/mol. The summed E-state index contributed by atoms with van der Waals surface area (Å²) in [6.07, 6.45) is 11.1. The number of benzene rings is 1. The van der Waals surface area contributed by atoms with Gasteiger partial charge in [-0.15, -0.1) is 0 Å². The summed E-state index contributed by atoms with van der Waals surface area (Å²) < 4.78 is 0. The van der Waals surface area contributed by atoms with Crippen LogP contribution in [0, 0.1) is 30.1 Å². The molecule has 1 amide bonds. The van der Waals surface area contributed by atoms with Gasteiger partial charge < -0.3 is 16.8 Å². The van der Waals surface area contributed by atoms with E-state index in [0.717, 1.165) is 67.2 Å². The summed E-state index contributed by atoms with van der Waals surface area (Å²) in [5.41, 5.74) is 13.2. The maximum Gasteiger partial charge on any atom is 0.232 e. The van der Waals surface area contributed by atoms with Crippen LogP contribution in [0.5, 0.6) is 0 Å². The summed E-state index contributed by atoms with van der Waals surface area (Å²) in [6.45, 7) is 2.06. The van der Waals surface area contributed by atoms with Crippen molar-refractivity contribution in [1.82, 2.24) is 9.97 Å². The molecule has 8 heteroatoms. The van der Waals surface area contributed by atoms with Crippen LogP contribution in [0.15, 0.2) is 23.2 Å². The minimum absolute atomic E-state index is 0.00800. The third-order valence-electron chi connectivity index (χ3n) is 8.96. The van der Waals surface area contributed by atoms with Crippen molar-refractivity contribution in [3.8, 4) is 0 Å². The van der Waals surface area contributed by atoms with Crippen LogP contribution in [0.25, 0.3) is 10.9 Å². The van der Waals surface area contributed by atoms with E-state index in [4.69, 9.17) is 21.4 Å². The van der Waals surface area contributed by atoms with Gasteiger partial charge in [-0.05, 0) is 88.2 Å². The van der Waals surface area contributed by atoms with E-state index in [1.165, 1.54) is 19.3 Å². The van der Waals surface area contributed by atoms with E-state index in [1.807, 2.05) is 12.1 Å². The fourth-order valence-electron chi connectivity index (χ4n) is 7.83. The number of fused-ring (bicyclic) bond motifs is 1. The van der Waals surface area contributed by atoms with Crippen molar-refractivity contribution in [3.63, 3.8) is 0 Å². The Morgan fingerprint density at radius 1 is 1.03 bits per heavy atom. The number of aliphatic imine (C=N–C) groups is 1. The smallest absolute Gasteiger partial charge is 0.232 e. The first kappa shape index (κ1) is 22.6. The molecule has 0 radical (unpaired) electrons. The lowest BCUT2D eigenvalue weighted by atomic mass is 9.49. The number of aryl methyl sites for hydroxylation is 1. The number of carbonyl (C=O) groups is 1. The monoisotopic (exact) mass is 475 g/mol. The molecule has 4 bridgehead atoms. The number of carbonyl (C=O) groups excluding carboxylic acids is 1. The van der Waals surface area contributed by atoms with Crippen molar-refractivity contribution in [1.29, 1.82) is 0 Å². The van der Waals surface area contributed by atoms with Crippen LogP contribution in [0.4, 0.5) is 11.8 Å². The lowest BCUT2D eigenvalue weighted by Crippen LogP contribution is -2.51. The fraction of sp³-hybridized carbons (Fsp3) is 0.630. The standard InChI is InChI=1S/C27H37N7O/c1-15-6-7-20-19(8-15)23(30-21-4-2-3-5-22(21)31-25(28)29)33-26(32-20)34-24(35)27-12-16-9-17(13-27)11-18(10-16)14-27/h6-8,16-18,21-22H,2-5,9-14H2,1H3,(H4,28,29,31)(H2,30,32,33,34,35). The molecule has 35 heavy (non-hydrogen) atoms. The van der Waals surface area contributed by atoms with E-state index in [1.54, 1.807) is 0 Å². The number of guanidine groups is 1. The van der Waals surface area contributed by atoms with Gasteiger partial charge in [0.1, 0.15) is 5.82 Å². The average molecular weight is 476 g/mol. The van der Waals surface area contributed by atoms with Crippen molar-refractivity contribution in [3.05, 3.63) is 23.8 Å². The number of rotatable bonds is 5. The predicted molar refractivity (Wildman–Crippen MR) is 139 cm³/mol. The second kappa shape index (κ2) is 8.64. The van der Waals surface area contributed by atoms with E-state index >= 15 is 0 Å². The summed E-state index contributed by atoms with van der Waals surface area (Å²) in [5.74, 6) is 3.50. The van der Waals surface area contributed by atoms with E-state index in [9.17, 15) is 4.79 Å². The van der Waals surface area contributed by atoms with Gasteiger partial charge in [-0.3, -0.25) is 10.1 Å². The Hall–Kier alpha value is -2.90. The normalized spacial score (nSPS) is 33.5. The van der Waals surface area contributed by atoms with Gasteiger partial charge in [0.2, 0.25) is 11.9 Å². The molecule has 0 aliphatic heterocycles. The zero-order chi connectivity index (χ0) is 24.2. The van der Waals surface area contributed by atoms with Crippen LogP contribution in [0.2, 0.25) is 0 Å².